The van der Waals surface area contributed by atoms with Crippen molar-refractivity contribution >= 4 is 11.8 Å². The van der Waals surface area contributed by atoms with E-state index in [4.69, 9.17) is 9.47 Å². The van der Waals surface area contributed by atoms with Crippen LogP contribution in [0.15, 0.2) is 18.2 Å². The third-order valence-electron chi connectivity index (χ3n) is 3.55. The van der Waals surface area contributed by atoms with Gasteiger partial charge in [0.2, 0.25) is 0 Å². The molecule has 0 unspecified atom stereocenters. The Morgan fingerprint density at radius 2 is 1.73 bits per heavy atom. The van der Waals surface area contributed by atoms with Crippen molar-refractivity contribution in [2.24, 2.45) is 0 Å². The fourth-order valence-electron chi connectivity index (χ4n) is 2.21. The smallest absolute Gasteiger partial charge is 0.341 e. The number of esters is 1. The lowest BCUT2D eigenvalue weighted by Gasteiger charge is -2.11. The van der Waals surface area contributed by atoms with Gasteiger partial charge in [-0.25, -0.2) is 4.79 Å². The van der Waals surface area contributed by atoms with Crippen molar-refractivity contribution in [3.05, 3.63) is 29.3 Å². The number of hydrogen-bond donors (Lipinski definition) is 0. The van der Waals surface area contributed by atoms with Crippen molar-refractivity contribution in [1.82, 2.24) is 0 Å². The highest BCUT2D eigenvalue weighted by Crippen LogP contribution is 2.22. The molecule has 0 aliphatic carbocycles. The predicted octanol–water partition coefficient (Wildman–Crippen LogP) is 4.42. The maximum absolute atomic E-state index is 11.8. The number of carbonyl (C=O) groups is 2. The largest absolute Gasteiger partial charge is 0.493 e. The zero-order valence-electron chi connectivity index (χ0n) is 13.8. The number of unbranched alkanes of at least 4 members (excludes halogenated alkanes) is 5. The molecule has 0 N–H and O–H groups in total. The van der Waals surface area contributed by atoms with Gasteiger partial charge >= 0.3 is 5.97 Å². The van der Waals surface area contributed by atoms with Crippen molar-refractivity contribution in [1.29, 1.82) is 0 Å². The number of ether oxygens (including phenoxy) is 2. The molecule has 122 valence electrons. The molecule has 0 saturated heterocycles. The van der Waals surface area contributed by atoms with E-state index >= 15 is 0 Å². The third-order valence-corrected chi connectivity index (χ3v) is 3.55. The molecule has 1 aromatic rings. The number of Topliss-reactive ketones (excluding diaryl/α,β-unsaturated/α-hetero) is 1. The van der Waals surface area contributed by atoms with Crippen LogP contribution < -0.4 is 4.74 Å². The molecule has 0 amide bonds. The van der Waals surface area contributed by atoms with Crippen LogP contribution in [0, 0.1) is 0 Å². The Labute approximate surface area is 132 Å². The van der Waals surface area contributed by atoms with Crippen molar-refractivity contribution in [3.63, 3.8) is 0 Å². The molecular formula is C18H26O4. The first kappa shape index (κ1) is 18.2. The van der Waals surface area contributed by atoms with Gasteiger partial charge in [-0.3, -0.25) is 4.79 Å². The molecule has 1 aromatic carbocycles. The van der Waals surface area contributed by atoms with E-state index in [-0.39, 0.29) is 5.78 Å². The molecule has 0 atom stereocenters. The molecule has 22 heavy (non-hydrogen) atoms. The number of hydrogen-bond acceptors (Lipinski definition) is 4. The molecule has 0 aliphatic rings. The summed E-state index contributed by atoms with van der Waals surface area (Å²) in [5, 5.41) is 0. The molecule has 4 nitrogen and oxygen atoms in total. The van der Waals surface area contributed by atoms with Gasteiger partial charge in [0, 0.05) is 5.56 Å². The fraction of sp³-hybridized carbons (Fsp3) is 0.556. The first-order valence-corrected chi connectivity index (χ1v) is 7.96. The second-order valence-corrected chi connectivity index (χ2v) is 5.37. The number of carbonyl (C=O) groups excluding carboxylic acids is 2. The summed E-state index contributed by atoms with van der Waals surface area (Å²) in [7, 11) is 1.32. The Morgan fingerprint density at radius 1 is 1.05 bits per heavy atom. The minimum atomic E-state index is -0.485. The summed E-state index contributed by atoms with van der Waals surface area (Å²) in [6.45, 7) is 4.23. The first-order valence-electron chi connectivity index (χ1n) is 7.96. The van der Waals surface area contributed by atoms with Crippen molar-refractivity contribution in [2.75, 3.05) is 13.7 Å². The van der Waals surface area contributed by atoms with E-state index in [0.717, 1.165) is 12.8 Å². The molecule has 0 radical (unpaired) electrons. The summed E-state index contributed by atoms with van der Waals surface area (Å²) >= 11 is 0. The van der Waals surface area contributed by atoms with Gasteiger partial charge in [0.05, 0.1) is 13.7 Å². The highest BCUT2D eigenvalue weighted by Gasteiger charge is 2.15. The van der Waals surface area contributed by atoms with Crippen LogP contribution in [0.3, 0.4) is 0 Å². The SMILES string of the molecule is CCCCCCCCOc1ccc(C(C)=O)cc1C(=O)OC. The quantitative estimate of drug-likeness (QED) is 0.365. The van der Waals surface area contributed by atoms with Crippen LogP contribution in [0.25, 0.3) is 0 Å². The van der Waals surface area contributed by atoms with E-state index in [1.165, 1.54) is 45.8 Å². The van der Waals surface area contributed by atoms with E-state index in [2.05, 4.69) is 6.92 Å². The first-order chi connectivity index (χ1) is 10.6. The van der Waals surface area contributed by atoms with Gasteiger partial charge in [0.15, 0.2) is 5.78 Å². The molecule has 0 bridgehead atoms. The van der Waals surface area contributed by atoms with Crippen LogP contribution in [-0.2, 0) is 4.74 Å². The lowest BCUT2D eigenvalue weighted by atomic mass is 10.1. The van der Waals surface area contributed by atoms with E-state index < -0.39 is 5.97 Å². The summed E-state index contributed by atoms with van der Waals surface area (Å²) in [5.74, 6) is -0.0981. The average Bonchev–Trinajstić information content (AvgIpc) is 2.53. The van der Waals surface area contributed by atoms with Gasteiger partial charge < -0.3 is 9.47 Å². The van der Waals surface area contributed by atoms with Gasteiger partial charge in [-0.15, -0.1) is 0 Å². The summed E-state index contributed by atoms with van der Waals surface area (Å²) in [6, 6.07) is 4.87. The normalized spacial score (nSPS) is 10.3. The molecular weight excluding hydrogens is 280 g/mol. The molecule has 1 rings (SSSR count). The maximum Gasteiger partial charge on any atom is 0.341 e. The Hall–Kier alpha value is -1.84. The van der Waals surface area contributed by atoms with Gasteiger partial charge in [-0.05, 0) is 31.5 Å². The molecule has 4 heteroatoms. The standard InChI is InChI=1S/C18H26O4/c1-4-5-6-7-8-9-12-22-17-11-10-15(14(2)19)13-16(17)18(20)21-3/h10-11,13H,4-9,12H2,1-3H3. The highest BCUT2D eigenvalue weighted by molar-refractivity contribution is 5.99. The Bertz CT molecular complexity index is 494. The highest BCUT2D eigenvalue weighted by atomic mass is 16.5. The van der Waals surface area contributed by atoms with E-state index in [1.54, 1.807) is 12.1 Å². The second-order valence-electron chi connectivity index (χ2n) is 5.37. The van der Waals surface area contributed by atoms with Crippen LogP contribution in [0.5, 0.6) is 5.75 Å². The lowest BCUT2D eigenvalue weighted by Crippen LogP contribution is -2.08. The average molecular weight is 306 g/mol. The molecule has 0 aromatic heterocycles. The predicted molar refractivity (Wildman–Crippen MR) is 86.7 cm³/mol. The lowest BCUT2D eigenvalue weighted by molar-refractivity contribution is 0.0596. The minimum Gasteiger partial charge on any atom is -0.493 e. The van der Waals surface area contributed by atoms with Gasteiger partial charge in [-0.1, -0.05) is 39.0 Å². The van der Waals surface area contributed by atoms with Gasteiger partial charge in [-0.2, -0.15) is 0 Å². The molecule has 0 aliphatic heterocycles. The fourth-order valence-corrected chi connectivity index (χ4v) is 2.21. The number of benzene rings is 1. The van der Waals surface area contributed by atoms with E-state index in [9.17, 15) is 9.59 Å². The minimum absolute atomic E-state index is 0.0902. The van der Waals surface area contributed by atoms with E-state index in [0.29, 0.717) is 23.5 Å². The maximum atomic E-state index is 11.8. The molecule has 0 heterocycles. The Kier molecular flexibility index (Phi) is 8.26. The molecule has 0 fully saturated rings. The van der Waals surface area contributed by atoms with Crippen molar-refractivity contribution in [2.45, 2.75) is 52.4 Å². The number of ketones is 1. The number of rotatable bonds is 10. The van der Waals surface area contributed by atoms with Crippen LogP contribution >= 0.6 is 0 Å². The van der Waals surface area contributed by atoms with Crippen LogP contribution in [0.2, 0.25) is 0 Å². The van der Waals surface area contributed by atoms with Crippen LogP contribution in [-0.4, -0.2) is 25.5 Å². The third kappa shape index (κ3) is 5.88. The molecule has 0 spiro atoms. The summed E-state index contributed by atoms with van der Waals surface area (Å²) < 4.78 is 10.4. The molecule has 0 saturated carbocycles. The van der Waals surface area contributed by atoms with Gasteiger partial charge in [0.1, 0.15) is 11.3 Å². The monoisotopic (exact) mass is 306 g/mol. The Balaban J connectivity index is 2.58. The Morgan fingerprint density at radius 3 is 2.36 bits per heavy atom. The van der Waals surface area contributed by atoms with Crippen LogP contribution in [0.1, 0.15) is 73.1 Å². The summed E-state index contributed by atoms with van der Waals surface area (Å²) in [5.41, 5.74) is 0.786. The topological polar surface area (TPSA) is 52.6 Å². The summed E-state index contributed by atoms with van der Waals surface area (Å²) in [6.07, 6.45) is 7.07. The zero-order valence-corrected chi connectivity index (χ0v) is 13.8. The number of methoxy groups -OCH3 is 1. The van der Waals surface area contributed by atoms with E-state index in [1.807, 2.05) is 0 Å². The van der Waals surface area contributed by atoms with Crippen molar-refractivity contribution < 1.29 is 19.1 Å². The zero-order chi connectivity index (χ0) is 16.4. The van der Waals surface area contributed by atoms with Gasteiger partial charge in [0.25, 0.3) is 0 Å². The van der Waals surface area contributed by atoms with Crippen molar-refractivity contribution in [3.8, 4) is 5.75 Å². The second kappa shape index (κ2) is 9.98. The van der Waals surface area contributed by atoms with Crippen LogP contribution in [0.4, 0.5) is 0 Å². The summed E-state index contributed by atoms with van der Waals surface area (Å²) in [4.78, 5) is 23.2.